The first kappa shape index (κ1) is 13.7. The average molecular weight is 328 g/mol. The molecule has 1 aromatic carbocycles. The maximum Gasteiger partial charge on any atom is 0.197 e. The topological polar surface area (TPSA) is 92.5 Å². The monoisotopic (exact) mass is 328 g/mol. The van der Waals surface area contributed by atoms with Crippen LogP contribution in [0.15, 0.2) is 65.9 Å². The Labute approximate surface area is 141 Å². The minimum Gasteiger partial charge on any atom is -0.449 e. The Morgan fingerprint density at radius 3 is 2.80 bits per heavy atom. The lowest BCUT2D eigenvalue weighted by Gasteiger charge is -2.07. The molecule has 0 saturated heterocycles. The number of aromatic nitrogens is 5. The summed E-state index contributed by atoms with van der Waals surface area (Å²) in [5.74, 6) is 1.08. The summed E-state index contributed by atoms with van der Waals surface area (Å²) >= 11 is 0. The molecule has 7 heteroatoms. The normalized spacial score (nSPS) is 11.2. The van der Waals surface area contributed by atoms with Gasteiger partial charge in [-0.3, -0.25) is 4.98 Å². The number of nitrogens with zero attached hydrogens (tertiary/aromatic N) is 4. The lowest BCUT2D eigenvalue weighted by molar-refractivity contribution is 0.624. The van der Waals surface area contributed by atoms with Crippen LogP contribution in [0.25, 0.3) is 33.6 Å². The summed E-state index contributed by atoms with van der Waals surface area (Å²) in [6, 6.07) is 9.58. The number of nitrogens with one attached hydrogen (secondary N) is 2. The molecule has 4 aromatic heterocycles. The van der Waals surface area contributed by atoms with Crippen LogP contribution in [0.3, 0.4) is 0 Å². The summed E-state index contributed by atoms with van der Waals surface area (Å²) in [5.41, 5.74) is 4.14. The quantitative estimate of drug-likeness (QED) is 0.522. The fourth-order valence-electron chi connectivity index (χ4n) is 2.85. The van der Waals surface area contributed by atoms with Crippen LogP contribution in [-0.2, 0) is 0 Å². The first-order valence-electron chi connectivity index (χ1n) is 7.73. The fourth-order valence-corrected chi connectivity index (χ4v) is 2.85. The van der Waals surface area contributed by atoms with Gasteiger partial charge in [0.1, 0.15) is 5.52 Å². The largest absolute Gasteiger partial charge is 0.449 e. The van der Waals surface area contributed by atoms with Gasteiger partial charge in [0.25, 0.3) is 0 Å². The van der Waals surface area contributed by atoms with Crippen molar-refractivity contribution in [2.24, 2.45) is 0 Å². The molecular weight excluding hydrogens is 316 g/mol. The zero-order valence-corrected chi connectivity index (χ0v) is 13.0. The Bertz CT molecular complexity index is 1180. The van der Waals surface area contributed by atoms with Crippen molar-refractivity contribution in [2.45, 2.75) is 0 Å². The zero-order chi connectivity index (χ0) is 16.6. The Morgan fingerprint density at radius 2 is 1.88 bits per heavy atom. The van der Waals surface area contributed by atoms with Gasteiger partial charge in [-0.05, 0) is 24.3 Å². The van der Waals surface area contributed by atoms with E-state index in [1.54, 1.807) is 37.2 Å². The number of para-hydroxylation sites is 1. The zero-order valence-electron chi connectivity index (χ0n) is 13.0. The average Bonchev–Trinajstić information content (AvgIpc) is 3.28. The van der Waals surface area contributed by atoms with Crippen molar-refractivity contribution in [3.05, 3.63) is 61.4 Å². The molecule has 0 aliphatic heterocycles. The first-order chi connectivity index (χ1) is 12.4. The summed E-state index contributed by atoms with van der Waals surface area (Å²) < 4.78 is 5.97. The third kappa shape index (κ3) is 2.21. The molecule has 5 rings (SSSR count). The molecule has 0 aliphatic carbocycles. The number of pyridine rings is 1. The standard InChI is InChI=1S/C18H12N6O/c1-3-12-16(23-10-22-12)13(4-1)24-15-11-5-8-19-9-14(11)25-17(15)18-20-6-2-7-21-18/h1-10,24H,(H,22,23). The third-order valence-electron chi connectivity index (χ3n) is 3.97. The van der Waals surface area contributed by atoms with Crippen molar-refractivity contribution in [3.8, 4) is 11.6 Å². The van der Waals surface area contributed by atoms with E-state index in [4.69, 9.17) is 4.42 Å². The highest BCUT2D eigenvalue weighted by molar-refractivity contribution is 6.01. The van der Waals surface area contributed by atoms with Gasteiger partial charge in [-0.2, -0.15) is 0 Å². The van der Waals surface area contributed by atoms with Gasteiger partial charge in [0, 0.05) is 24.0 Å². The molecule has 0 spiro atoms. The second-order valence-corrected chi connectivity index (χ2v) is 5.48. The molecule has 7 nitrogen and oxygen atoms in total. The van der Waals surface area contributed by atoms with Crippen LogP contribution in [0.1, 0.15) is 0 Å². The van der Waals surface area contributed by atoms with E-state index in [0.29, 0.717) is 17.2 Å². The van der Waals surface area contributed by atoms with Crippen LogP contribution >= 0.6 is 0 Å². The Morgan fingerprint density at radius 1 is 0.960 bits per heavy atom. The minimum atomic E-state index is 0.510. The highest BCUT2D eigenvalue weighted by Crippen LogP contribution is 2.38. The number of H-pyrrole nitrogens is 1. The molecule has 25 heavy (non-hydrogen) atoms. The molecule has 0 saturated carbocycles. The molecule has 0 aliphatic rings. The predicted molar refractivity (Wildman–Crippen MR) is 94.4 cm³/mol. The smallest absolute Gasteiger partial charge is 0.197 e. The van der Waals surface area contributed by atoms with Gasteiger partial charge in [-0.1, -0.05) is 6.07 Å². The molecule has 0 atom stereocenters. The first-order valence-corrected chi connectivity index (χ1v) is 7.73. The number of hydrogen-bond acceptors (Lipinski definition) is 6. The van der Waals surface area contributed by atoms with Gasteiger partial charge in [0.15, 0.2) is 17.2 Å². The molecule has 4 heterocycles. The van der Waals surface area contributed by atoms with E-state index in [-0.39, 0.29) is 0 Å². The number of fused-ring (bicyclic) bond motifs is 2. The van der Waals surface area contributed by atoms with Crippen LogP contribution in [0.4, 0.5) is 11.4 Å². The van der Waals surface area contributed by atoms with Crippen molar-refractivity contribution in [3.63, 3.8) is 0 Å². The van der Waals surface area contributed by atoms with Gasteiger partial charge in [0.2, 0.25) is 0 Å². The van der Waals surface area contributed by atoms with Crippen molar-refractivity contribution >= 4 is 33.4 Å². The van der Waals surface area contributed by atoms with Gasteiger partial charge < -0.3 is 14.7 Å². The van der Waals surface area contributed by atoms with Crippen molar-refractivity contribution in [1.29, 1.82) is 0 Å². The number of furan rings is 1. The van der Waals surface area contributed by atoms with Crippen LogP contribution in [-0.4, -0.2) is 24.9 Å². The van der Waals surface area contributed by atoms with E-state index in [0.717, 1.165) is 27.8 Å². The molecule has 5 aromatic rings. The molecular formula is C18H12N6O. The maximum absolute atomic E-state index is 5.97. The van der Waals surface area contributed by atoms with Gasteiger partial charge in [-0.15, -0.1) is 0 Å². The summed E-state index contributed by atoms with van der Waals surface area (Å²) in [6.07, 6.45) is 8.46. The van der Waals surface area contributed by atoms with Crippen LogP contribution in [0.2, 0.25) is 0 Å². The van der Waals surface area contributed by atoms with Gasteiger partial charge in [-0.25, -0.2) is 15.0 Å². The fraction of sp³-hybridized carbons (Fsp3) is 0. The number of anilines is 2. The van der Waals surface area contributed by atoms with E-state index in [1.165, 1.54) is 0 Å². The van der Waals surface area contributed by atoms with Crippen LogP contribution in [0, 0.1) is 0 Å². The third-order valence-corrected chi connectivity index (χ3v) is 3.97. The number of hydrogen-bond donors (Lipinski definition) is 2. The van der Waals surface area contributed by atoms with Gasteiger partial charge in [0.05, 0.1) is 29.4 Å². The lowest BCUT2D eigenvalue weighted by Crippen LogP contribution is -1.94. The van der Waals surface area contributed by atoms with Crippen LogP contribution < -0.4 is 5.32 Å². The predicted octanol–water partition coefficient (Wildman–Crippen LogP) is 3.90. The Kier molecular flexibility index (Phi) is 2.96. The number of benzene rings is 1. The highest BCUT2D eigenvalue weighted by Gasteiger charge is 2.19. The van der Waals surface area contributed by atoms with Crippen LogP contribution in [0.5, 0.6) is 0 Å². The molecule has 0 amide bonds. The van der Waals surface area contributed by atoms with Crippen molar-refractivity contribution in [2.75, 3.05) is 5.32 Å². The maximum atomic E-state index is 5.97. The van der Waals surface area contributed by atoms with E-state index in [9.17, 15) is 0 Å². The lowest BCUT2D eigenvalue weighted by atomic mass is 10.2. The Hall–Kier alpha value is -3.74. The summed E-state index contributed by atoms with van der Waals surface area (Å²) in [5, 5.41) is 4.35. The number of aromatic amines is 1. The second-order valence-electron chi connectivity index (χ2n) is 5.48. The minimum absolute atomic E-state index is 0.510. The summed E-state index contributed by atoms with van der Waals surface area (Å²) in [4.78, 5) is 20.3. The van der Waals surface area contributed by atoms with Crippen molar-refractivity contribution in [1.82, 2.24) is 24.9 Å². The number of imidazole rings is 1. The SMILES string of the molecule is c1cnc(-c2oc3cnccc3c2Nc2cccc3[nH]cnc23)nc1. The van der Waals surface area contributed by atoms with E-state index in [2.05, 4.69) is 30.2 Å². The Balaban J connectivity index is 1.73. The van der Waals surface area contributed by atoms with Crippen molar-refractivity contribution < 1.29 is 4.42 Å². The van der Waals surface area contributed by atoms with Gasteiger partial charge >= 0.3 is 0 Å². The molecule has 120 valence electrons. The molecule has 0 unspecified atom stereocenters. The summed E-state index contributed by atoms with van der Waals surface area (Å²) in [7, 11) is 0. The molecule has 0 bridgehead atoms. The van der Waals surface area contributed by atoms with E-state index < -0.39 is 0 Å². The molecule has 0 fully saturated rings. The summed E-state index contributed by atoms with van der Waals surface area (Å²) in [6.45, 7) is 0. The van der Waals surface area contributed by atoms with E-state index in [1.807, 2.05) is 24.3 Å². The molecule has 0 radical (unpaired) electrons. The van der Waals surface area contributed by atoms with E-state index >= 15 is 0 Å². The number of rotatable bonds is 3. The second kappa shape index (κ2) is 5.41. The highest BCUT2D eigenvalue weighted by atomic mass is 16.3. The molecule has 2 N–H and O–H groups in total.